The van der Waals surface area contributed by atoms with Crippen LogP contribution in [0.5, 0.6) is 0 Å². The predicted molar refractivity (Wildman–Crippen MR) is 130 cm³/mol. The molecule has 0 radical (unpaired) electrons. The lowest BCUT2D eigenvalue weighted by Gasteiger charge is -2.32. The largest absolute Gasteiger partial charge is 0.399 e. The molecule has 31 heavy (non-hydrogen) atoms. The summed E-state index contributed by atoms with van der Waals surface area (Å²) in [5.41, 5.74) is 25.5. The number of benzene rings is 4. The van der Waals surface area contributed by atoms with E-state index in [0.717, 1.165) is 11.4 Å². The first kappa shape index (κ1) is 18.3. The molecule has 152 valence electrons. The molecular formula is C29H26N2. The van der Waals surface area contributed by atoms with Crippen molar-refractivity contribution in [1.82, 2.24) is 0 Å². The fourth-order valence-electron chi connectivity index (χ4n) is 5.69. The number of hydrogen-bond donors (Lipinski definition) is 2. The van der Waals surface area contributed by atoms with Crippen molar-refractivity contribution >= 4 is 11.4 Å². The van der Waals surface area contributed by atoms with Gasteiger partial charge in [-0.15, -0.1) is 0 Å². The van der Waals surface area contributed by atoms with Crippen LogP contribution in [0.15, 0.2) is 78.9 Å². The Labute approximate surface area is 183 Å². The summed E-state index contributed by atoms with van der Waals surface area (Å²) in [6.45, 7) is 6.82. The van der Waals surface area contributed by atoms with Gasteiger partial charge in [0, 0.05) is 11.4 Å². The van der Waals surface area contributed by atoms with Gasteiger partial charge in [-0.2, -0.15) is 0 Å². The lowest BCUT2D eigenvalue weighted by atomic mass is 9.69. The lowest BCUT2D eigenvalue weighted by molar-refractivity contribution is 0.588. The van der Waals surface area contributed by atoms with Gasteiger partial charge < -0.3 is 11.5 Å². The summed E-state index contributed by atoms with van der Waals surface area (Å²) in [5.74, 6) is 0. The van der Waals surface area contributed by atoms with Crippen LogP contribution in [0.1, 0.15) is 48.6 Å². The second-order valence-corrected chi connectivity index (χ2v) is 9.92. The van der Waals surface area contributed by atoms with Crippen LogP contribution in [-0.2, 0) is 10.8 Å². The van der Waals surface area contributed by atoms with Crippen molar-refractivity contribution < 1.29 is 0 Å². The molecule has 4 aromatic rings. The number of nitrogen functional groups attached to an aromatic ring is 2. The Morgan fingerprint density at radius 2 is 1.03 bits per heavy atom. The predicted octanol–water partition coefficient (Wildman–Crippen LogP) is 6.49. The smallest absolute Gasteiger partial charge is 0.0727 e. The Hall–Kier alpha value is -3.52. The van der Waals surface area contributed by atoms with E-state index >= 15 is 0 Å². The van der Waals surface area contributed by atoms with Crippen molar-refractivity contribution in [2.24, 2.45) is 0 Å². The number of hydrogen-bond acceptors (Lipinski definition) is 2. The minimum atomic E-state index is -0.400. The maximum atomic E-state index is 6.36. The lowest BCUT2D eigenvalue weighted by Crippen LogP contribution is -2.27. The summed E-state index contributed by atoms with van der Waals surface area (Å²) in [6.07, 6.45) is 0. The van der Waals surface area contributed by atoms with Crippen molar-refractivity contribution in [3.63, 3.8) is 0 Å². The molecule has 0 fully saturated rings. The average Bonchev–Trinajstić information content (AvgIpc) is 3.19. The van der Waals surface area contributed by atoms with Crippen molar-refractivity contribution in [3.05, 3.63) is 107 Å². The van der Waals surface area contributed by atoms with Gasteiger partial charge in [0.15, 0.2) is 0 Å². The Balaban J connectivity index is 1.84. The molecule has 6 rings (SSSR count). The molecular weight excluding hydrogens is 376 g/mol. The zero-order chi connectivity index (χ0) is 21.5. The second-order valence-electron chi connectivity index (χ2n) is 9.92. The second kappa shape index (κ2) is 5.79. The Morgan fingerprint density at radius 3 is 1.61 bits per heavy atom. The van der Waals surface area contributed by atoms with E-state index in [4.69, 9.17) is 11.5 Å². The molecule has 0 saturated heterocycles. The van der Waals surface area contributed by atoms with Gasteiger partial charge in [0.2, 0.25) is 0 Å². The van der Waals surface area contributed by atoms with Crippen LogP contribution in [0.3, 0.4) is 0 Å². The molecule has 1 spiro atoms. The number of anilines is 2. The van der Waals surface area contributed by atoms with Crippen LogP contribution in [-0.4, -0.2) is 0 Å². The first-order chi connectivity index (χ1) is 14.8. The van der Waals surface area contributed by atoms with Gasteiger partial charge in [-0.05, 0) is 79.8 Å². The maximum Gasteiger partial charge on any atom is 0.0727 e. The molecule has 2 heteroatoms. The van der Waals surface area contributed by atoms with Gasteiger partial charge in [0.05, 0.1) is 5.41 Å². The molecule has 0 bridgehead atoms. The Bertz CT molecular complexity index is 1370. The fraction of sp³-hybridized carbons (Fsp3) is 0.172. The number of fused-ring (bicyclic) bond motifs is 10. The minimum absolute atomic E-state index is 0.0562. The Morgan fingerprint density at radius 1 is 0.548 bits per heavy atom. The van der Waals surface area contributed by atoms with Gasteiger partial charge in [0.1, 0.15) is 0 Å². The van der Waals surface area contributed by atoms with E-state index in [2.05, 4.69) is 87.5 Å². The van der Waals surface area contributed by atoms with E-state index in [1.54, 1.807) is 0 Å². The maximum absolute atomic E-state index is 6.36. The average molecular weight is 403 g/mol. The third kappa shape index (κ3) is 2.22. The third-order valence-electron chi connectivity index (χ3n) is 7.10. The van der Waals surface area contributed by atoms with Crippen molar-refractivity contribution in [3.8, 4) is 22.3 Å². The Kier molecular flexibility index (Phi) is 3.41. The molecule has 0 saturated carbocycles. The van der Waals surface area contributed by atoms with E-state index in [9.17, 15) is 0 Å². The first-order valence-corrected chi connectivity index (χ1v) is 10.9. The van der Waals surface area contributed by atoms with Crippen molar-refractivity contribution in [2.75, 3.05) is 11.5 Å². The van der Waals surface area contributed by atoms with Gasteiger partial charge in [-0.3, -0.25) is 0 Å². The first-order valence-electron chi connectivity index (χ1n) is 10.9. The molecule has 4 N–H and O–H groups in total. The fourth-order valence-corrected chi connectivity index (χ4v) is 5.69. The summed E-state index contributed by atoms with van der Waals surface area (Å²) in [7, 11) is 0. The zero-order valence-corrected chi connectivity index (χ0v) is 18.2. The van der Waals surface area contributed by atoms with E-state index in [-0.39, 0.29) is 5.41 Å². The summed E-state index contributed by atoms with van der Waals surface area (Å²) < 4.78 is 0. The van der Waals surface area contributed by atoms with Crippen LogP contribution in [0.25, 0.3) is 22.3 Å². The quantitative estimate of drug-likeness (QED) is 0.285. The molecule has 0 amide bonds. The van der Waals surface area contributed by atoms with Crippen LogP contribution in [0.2, 0.25) is 0 Å². The molecule has 1 atom stereocenters. The highest BCUT2D eigenvalue weighted by Gasteiger charge is 2.52. The normalized spacial score (nSPS) is 17.9. The highest BCUT2D eigenvalue weighted by atomic mass is 14.6. The summed E-state index contributed by atoms with van der Waals surface area (Å²) in [6, 6.07) is 28.5. The topological polar surface area (TPSA) is 52.0 Å². The number of nitrogens with two attached hydrogens (primary N) is 2. The van der Waals surface area contributed by atoms with Crippen molar-refractivity contribution in [2.45, 2.75) is 31.6 Å². The van der Waals surface area contributed by atoms with Crippen LogP contribution < -0.4 is 11.5 Å². The highest BCUT2D eigenvalue weighted by molar-refractivity contribution is 5.96. The minimum Gasteiger partial charge on any atom is -0.399 e. The molecule has 0 aliphatic heterocycles. The van der Waals surface area contributed by atoms with E-state index < -0.39 is 5.41 Å². The van der Waals surface area contributed by atoms with E-state index in [1.807, 2.05) is 12.1 Å². The van der Waals surface area contributed by atoms with Gasteiger partial charge >= 0.3 is 0 Å². The van der Waals surface area contributed by atoms with Gasteiger partial charge in [-0.25, -0.2) is 0 Å². The SMILES string of the molecule is CC(C)(C)c1ccc2c(c1)C1(c3ccccc3-c3ccc(N)cc31)c1cc(N)ccc1-2. The molecule has 0 heterocycles. The van der Waals surface area contributed by atoms with Gasteiger partial charge in [-0.1, -0.05) is 75.4 Å². The molecule has 2 aliphatic carbocycles. The molecule has 2 nitrogen and oxygen atoms in total. The molecule has 4 aromatic carbocycles. The standard InChI is InChI=1S/C29H26N2/c1-28(2,3)17-8-11-21-23-13-10-19(31)16-27(23)29(25(21)14-17)24-7-5-4-6-20(24)22-12-9-18(30)15-26(22)29/h4-16H,30-31H2,1-3H3. The van der Waals surface area contributed by atoms with Crippen molar-refractivity contribution in [1.29, 1.82) is 0 Å². The van der Waals surface area contributed by atoms with E-state index in [0.29, 0.717) is 0 Å². The number of rotatable bonds is 0. The van der Waals surface area contributed by atoms with Crippen LogP contribution in [0.4, 0.5) is 11.4 Å². The summed E-state index contributed by atoms with van der Waals surface area (Å²) in [4.78, 5) is 0. The molecule has 1 unspecified atom stereocenters. The summed E-state index contributed by atoms with van der Waals surface area (Å²) in [5, 5.41) is 0. The van der Waals surface area contributed by atoms with Crippen LogP contribution >= 0.6 is 0 Å². The van der Waals surface area contributed by atoms with E-state index in [1.165, 1.54) is 50.1 Å². The van der Waals surface area contributed by atoms with Crippen LogP contribution in [0, 0.1) is 0 Å². The summed E-state index contributed by atoms with van der Waals surface area (Å²) >= 11 is 0. The third-order valence-corrected chi connectivity index (χ3v) is 7.10. The zero-order valence-electron chi connectivity index (χ0n) is 18.2. The monoisotopic (exact) mass is 402 g/mol. The van der Waals surface area contributed by atoms with Gasteiger partial charge in [0.25, 0.3) is 0 Å². The molecule has 2 aliphatic rings. The molecule has 0 aromatic heterocycles. The highest BCUT2D eigenvalue weighted by Crippen LogP contribution is 2.63.